The van der Waals surface area contributed by atoms with Gasteiger partial charge in [-0.3, -0.25) is 4.79 Å². The number of nitrogens with one attached hydrogen (secondary N) is 1. The zero-order valence-corrected chi connectivity index (χ0v) is 12.9. The fourth-order valence-corrected chi connectivity index (χ4v) is 2.94. The Morgan fingerprint density at radius 1 is 1.26 bits per heavy atom. The zero-order chi connectivity index (χ0) is 14.4. The number of carbonyl (C=O) groups is 1. The monoisotopic (exact) mass is 259 g/mol. The summed E-state index contributed by atoms with van der Waals surface area (Å²) in [6.45, 7) is 11.0. The van der Waals surface area contributed by atoms with Crippen LogP contribution in [-0.4, -0.2) is 18.9 Å². The highest BCUT2D eigenvalue weighted by Gasteiger charge is 2.38. The number of benzene rings is 1. The molecule has 1 unspecified atom stereocenters. The van der Waals surface area contributed by atoms with Gasteiger partial charge in [-0.05, 0) is 41.5 Å². The van der Waals surface area contributed by atoms with E-state index in [4.69, 9.17) is 0 Å². The van der Waals surface area contributed by atoms with Crippen molar-refractivity contribution in [1.29, 1.82) is 0 Å². The number of rotatable bonds is 1. The largest absolute Gasteiger partial charge is 0.310 e. The van der Waals surface area contributed by atoms with Crippen molar-refractivity contribution < 1.29 is 4.79 Å². The van der Waals surface area contributed by atoms with Crippen molar-refractivity contribution in [3.05, 3.63) is 34.9 Å². The van der Waals surface area contributed by atoms with Crippen LogP contribution in [-0.2, 0) is 10.8 Å². The first-order chi connectivity index (χ1) is 8.66. The Morgan fingerprint density at radius 3 is 2.42 bits per heavy atom. The molecule has 0 amide bonds. The average molecular weight is 259 g/mol. The number of hydrogen-bond donors (Lipinski definition) is 1. The minimum absolute atomic E-state index is 0.0489. The molecule has 0 fully saturated rings. The summed E-state index contributed by atoms with van der Waals surface area (Å²) in [7, 11) is 1.87. The lowest BCUT2D eigenvalue weighted by Gasteiger charge is -2.37. The number of carbonyl (C=O) groups excluding carboxylic acids is 1. The summed E-state index contributed by atoms with van der Waals surface area (Å²) in [5.74, 6) is 0.239. The van der Waals surface area contributed by atoms with Crippen molar-refractivity contribution in [1.82, 2.24) is 5.32 Å². The van der Waals surface area contributed by atoms with Gasteiger partial charge in [0.2, 0.25) is 0 Å². The van der Waals surface area contributed by atoms with Crippen LogP contribution in [0.4, 0.5) is 0 Å². The van der Waals surface area contributed by atoms with E-state index in [1.165, 1.54) is 11.1 Å². The standard InChI is InChI=1S/C17H25NO/c1-16(2,3)11-7-8-13-12(9-11)15(19)14(18-6)10-17(13,4)5/h7-9,14,18H,10H2,1-6H3. The second-order valence-corrected chi connectivity index (χ2v) is 7.30. The molecule has 0 bridgehead atoms. The van der Waals surface area contributed by atoms with E-state index in [0.717, 1.165) is 12.0 Å². The minimum Gasteiger partial charge on any atom is -0.310 e. The fourth-order valence-electron chi connectivity index (χ4n) is 2.94. The lowest BCUT2D eigenvalue weighted by atomic mass is 9.69. The van der Waals surface area contributed by atoms with E-state index in [0.29, 0.717) is 0 Å². The second kappa shape index (κ2) is 4.45. The molecule has 0 aromatic heterocycles. The van der Waals surface area contributed by atoms with Crippen LogP contribution in [0.15, 0.2) is 18.2 Å². The zero-order valence-electron chi connectivity index (χ0n) is 12.9. The number of ketones is 1. The first-order valence-corrected chi connectivity index (χ1v) is 7.03. The normalized spacial score (nSPS) is 22.2. The lowest BCUT2D eigenvalue weighted by Crippen LogP contribution is -2.44. The van der Waals surface area contributed by atoms with E-state index in [9.17, 15) is 4.79 Å². The van der Waals surface area contributed by atoms with Crippen LogP contribution in [0.5, 0.6) is 0 Å². The molecular weight excluding hydrogens is 234 g/mol. The van der Waals surface area contributed by atoms with Crippen LogP contribution >= 0.6 is 0 Å². The highest BCUT2D eigenvalue weighted by Crippen LogP contribution is 2.38. The van der Waals surface area contributed by atoms with Crippen LogP contribution < -0.4 is 5.32 Å². The Labute approximate surface area is 116 Å². The minimum atomic E-state index is -0.0577. The Balaban J connectivity index is 2.59. The Hall–Kier alpha value is -1.15. The van der Waals surface area contributed by atoms with E-state index in [1.807, 2.05) is 7.05 Å². The highest BCUT2D eigenvalue weighted by atomic mass is 16.1. The number of likely N-dealkylation sites (N-methyl/N-ethyl adjacent to an activating group) is 1. The van der Waals surface area contributed by atoms with E-state index in [-0.39, 0.29) is 22.7 Å². The molecule has 0 saturated heterocycles. The van der Waals surface area contributed by atoms with Crippen LogP contribution in [0.2, 0.25) is 0 Å². The SMILES string of the molecule is CNC1CC(C)(C)c2ccc(C(C)(C)C)cc2C1=O. The number of Topliss-reactive ketones (excluding diaryl/α,β-unsaturated/α-hetero) is 1. The average Bonchev–Trinajstić information content (AvgIpc) is 2.32. The van der Waals surface area contributed by atoms with Crippen LogP contribution in [0.25, 0.3) is 0 Å². The van der Waals surface area contributed by atoms with E-state index < -0.39 is 0 Å². The molecule has 2 nitrogen and oxygen atoms in total. The molecule has 1 N–H and O–H groups in total. The van der Waals surface area contributed by atoms with Gasteiger partial charge in [-0.15, -0.1) is 0 Å². The third kappa shape index (κ3) is 2.46. The lowest BCUT2D eigenvalue weighted by molar-refractivity contribution is 0.0910. The summed E-state index contributed by atoms with van der Waals surface area (Å²) in [5.41, 5.74) is 3.45. The molecule has 2 heteroatoms. The number of hydrogen-bond acceptors (Lipinski definition) is 2. The summed E-state index contributed by atoms with van der Waals surface area (Å²) < 4.78 is 0. The maximum Gasteiger partial charge on any atom is 0.180 e. The third-order valence-corrected chi connectivity index (χ3v) is 4.26. The summed E-state index contributed by atoms with van der Waals surface area (Å²) >= 11 is 0. The van der Waals surface area contributed by atoms with Gasteiger partial charge in [0, 0.05) is 5.56 Å². The molecule has 104 valence electrons. The van der Waals surface area contributed by atoms with E-state index in [2.05, 4.69) is 58.1 Å². The highest BCUT2D eigenvalue weighted by molar-refractivity contribution is 6.03. The van der Waals surface area contributed by atoms with Crippen LogP contribution in [0.3, 0.4) is 0 Å². The van der Waals surface area contributed by atoms with Crippen molar-refractivity contribution in [2.75, 3.05) is 7.05 Å². The van der Waals surface area contributed by atoms with Crippen LogP contribution in [0, 0.1) is 0 Å². The summed E-state index contributed by atoms with van der Waals surface area (Å²) in [5, 5.41) is 3.16. The van der Waals surface area contributed by atoms with Gasteiger partial charge in [-0.25, -0.2) is 0 Å². The first kappa shape index (κ1) is 14.3. The maximum atomic E-state index is 12.6. The van der Waals surface area contributed by atoms with Crippen molar-refractivity contribution in [2.45, 2.75) is 57.9 Å². The second-order valence-electron chi connectivity index (χ2n) is 7.30. The van der Waals surface area contributed by atoms with Crippen molar-refractivity contribution in [3.8, 4) is 0 Å². The molecule has 1 aromatic carbocycles. The first-order valence-electron chi connectivity index (χ1n) is 7.03. The molecule has 2 rings (SSSR count). The van der Waals surface area contributed by atoms with Gasteiger partial charge in [0.25, 0.3) is 0 Å². The topological polar surface area (TPSA) is 29.1 Å². The van der Waals surface area contributed by atoms with Gasteiger partial charge >= 0.3 is 0 Å². The van der Waals surface area contributed by atoms with Gasteiger partial charge in [0.1, 0.15) is 0 Å². The smallest absolute Gasteiger partial charge is 0.180 e. The van der Waals surface area contributed by atoms with Crippen molar-refractivity contribution in [3.63, 3.8) is 0 Å². The molecule has 19 heavy (non-hydrogen) atoms. The molecule has 0 spiro atoms. The Kier molecular flexibility index (Phi) is 3.34. The van der Waals surface area contributed by atoms with Gasteiger partial charge in [-0.2, -0.15) is 0 Å². The molecule has 1 aliphatic rings. The van der Waals surface area contributed by atoms with E-state index in [1.54, 1.807) is 0 Å². The van der Waals surface area contributed by atoms with Gasteiger partial charge in [0.05, 0.1) is 6.04 Å². The molecule has 0 radical (unpaired) electrons. The molecule has 1 aliphatic carbocycles. The molecule has 0 aliphatic heterocycles. The van der Waals surface area contributed by atoms with Gasteiger partial charge in [0.15, 0.2) is 5.78 Å². The van der Waals surface area contributed by atoms with Crippen molar-refractivity contribution >= 4 is 5.78 Å². The molecule has 0 heterocycles. The van der Waals surface area contributed by atoms with Gasteiger partial charge < -0.3 is 5.32 Å². The predicted octanol–water partition coefficient (Wildman–Crippen LogP) is 3.44. The predicted molar refractivity (Wildman–Crippen MR) is 80.0 cm³/mol. The molecule has 1 atom stereocenters. The summed E-state index contributed by atoms with van der Waals surface area (Å²) in [6, 6.07) is 6.37. The fraction of sp³-hybridized carbons (Fsp3) is 0.588. The summed E-state index contributed by atoms with van der Waals surface area (Å²) in [6.07, 6.45) is 0.865. The molecule has 0 saturated carbocycles. The van der Waals surface area contributed by atoms with E-state index >= 15 is 0 Å². The maximum absolute atomic E-state index is 12.6. The number of fused-ring (bicyclic) bond motifs is 1. The molecular formula is C17H25NO. The van der Waals surface area contributed by atoms with Gasteiger partial charge in [-0.1, -0.05) is 46.8 Å². The Bertz CT molecular complexity index is 508. The van der Waals surface area contributed by atoms with Crippen molar-refractivity contribution in [2.24, 2.45) is 0 Å². The quantitative estimate of drug-likeness (QED) is 0.837. The molecule has 1 aromatic rings. The Morgan fingerprint density at radius 2 is 1.89 bits per heavy atom. The summed E-state index contributed by atoms with van der Waals surface area (Å²) in [4.78, 5) is 12.6. The third-order valence-electron chi connectivity index (χ3n) is 4.26. The van der Waals surface area contributed by atoms with Crippen LogP contribution in [0.1, 0.15) is 62.5 Å².